The summed E-state index contributed by atoms with van der Waals surface area (Å²) in [5.74, 6) is 0.242. The molecule has 0 heterocycles. The van der Waals surface area contributed by atoms with Gasteiger partial charge in [-0.15, -0.1) is 13.2 Å². The van der Waals surface area contributed by atoms with Gasteiger partial charge in [-0.1, -0.05) is 50.2 Å². The first kappa shape index (κ1) is 14.4. The summed E-state index contributed by atoms with van der Waals surface area (Å²) < 4.78 is 40.0. The maximum Gasteiger partial charge on any atom is 0.573 e. The Kier molecular flexibility index (Phi) is 4.02. The first-order chi connectivity index (χ1) is 9.35. The monoisotopic (exact) mass is 280 g/mol. The summed E-state index contributed by atoms with van der Waals surface area (Å²) in [5.41, 5.74) is 3.05. The lowest BCUT2D eigenvalue weighted by atomic mass is 9.99. The van der Waals surface area contributed by atoms with Crippen LogP contribution in [-0.4, -0.2) is 6.36 Å². The molecule has 0 saturated heterocycles. The molecule has 0 amide bonds. The van der Waals surface area contributed by atoms with E-state index in [1.54, 1.807) is 12.1 Å². The summed E-state index contributed by atoms with van der Waals surface area (Å²) in [6, 6.07) is 13.9. The van der Waals surface area contributed by atoms with Crippen molar-refractivity contribution in [1.29, 1.82) is 0 Å². The Morgan fingerprint density at radius 3 is 1.65 bits per heavy atom. The Hall–Kier alpha value is -1.97. The van der Waals surface area contributed by atoms with Gasteiger partial charge in [-0.05, 0) is 34.7 Å². The zero-order valence-corrected chi connectivity index (χ0v) is 11.2. The van der Waals surface area contributed by atoms with Crippen LogP contribution in [0, 0.1) is 0 Å². The Morgan fingerprint density at radius 2 is 1.25 bits per heavy atom. The SMILES string of the molecule is CC(C)c1ccc(-c2ccc(OC(F)(F)F)cc2)cc1. The summed E-state index contributed by atoms with van der Waals surface area (Å²) >= 11 is 0. The normalized spacial score (nSPS) is 11.7. The number of ether oxygens (including phenoxy) is 1. The van der Waals surface area contributed by atoms with E-state index in [2.05, 4.69) is 18.6 Å². The van der Waals surface area contributed by atoms with Gasteiger partial charge in [0.2, 0.25) is 0 Å². The lowest BCUT2D eigenvalue weighted by Crippen LogP contribution is -2.16. The molecule has 0 aliphatic rings. The third-order valence-corrected chi connectivity index (χ3v) is 3.00. The molecule has 0 bridgehead atoms. The van der Waals surface area contributed by atoms with Crippen molar-refractivity contribution < 1.29 is 17.9 Å². The van der Waals surface area contributed by atoms with Gasteiger partial charge in [0.1, 0.15) is 5.75 Å². The highest BCUT2D eigenvalue weighted by Crippen LogP contribution is 2.27. The van der Waals surface area contributed by atoms with Crippen LogP contribution in [0.25, 0.3) is 11.1 Å². The van der Waals surface area contributed by atoms with Crippen molar-refractivity contribution in [3.63, 3.8) is 0 Å². The first-order valence-corrected chi connectivity index (χ1v) is 6.31. The van der Waals surface area contributed by atoms with Crippen molar-refractivity contribution in [3.8, 4) is 16.9 Å². The largest absolute Gasteiger partial charge is 0.573 e. The average Bonchev–Trinajstić information content (AvgIpc) is 2.38. The Morgan fingerprint density at radius 1 is 0.800 bits per heavy atom. The fourth-order valence-electron chi connectivity index (χ4n) is 1.91. The molecular formula is C16H15F3O. The van der Waals surface area contributed by atoms with Crippen LogP contribution in [0.15, 0.2) is 48.5 Å². The minimum atomic E-state index is -4.65. The molecule has 4 heteroatoms. The predicted octanol–water partition coefficient (Wildman–Crippen LogP) is 5.38. The van der Waals surface area contributed by atoms with Crippen LogP contribution in [0.1, 0.15) is 25.3 Å². The molecule has 0 N–H and O–H groups in total. The van der Waals surface area contributed by atoms with Crippen LogP contribution in [0.2, 0.25) is 0 Å². The van der Waals surface area contributed by atoms with Gasteiger partial charge >= 0.3 is 6.36 Å². The Balaban J connectivity index is 2.17. The molecule has 20 heavy (non-hydrogen) atoms. The lowest BCUT2D eigenvalue weighted by molar-refractivity contribution is -0.274. The van der Waals surface area contributed by atoms with E-state index in [1.807, 2.05) is 24.3 Å². The Bertz CT molecular complexity index is 554. The molecule has 0 spiro atoms. The van der Waals surface area contributed by atoms with Gasteiger partial charge in [-0.25, -0.2) is 0 Å². The third-order valence-electron chi connectivity index (χ3n) is 3.00. The summed E-state index contributed by atoms with van der Waals surface area (Å²) in [5, 5.41) is 0. The van der Waals surface area contributed by atoms with E-state index in [-0.39, 0.29) is 5.75 Å². The average molecular weight is 280 g/mol. The summed E-state index contributed by atoms with van der Waals surface area (Å²) in [7, 11) is 0. The van der Waals surface area contributed by atoms with E-state index in [0.717, 1.165) is 11.1 Å². The van der Waals surface area contributed by atoms with Crippen LogP contribution in [0.3, 0.4) is 0 Å². The maximum atomic E-state index is 12.1. The van der Waals surface area contributed by atoms with Crippen molar-refractivity contribution in [3.05, 3.63) is 54.1 Å². The zero-order valence-electron chi connectivity index (χ0n) is 11.2. The van der Waals surface area contributed by atoms with Gasteiger partial charge in [0.25, 0.3) is 0 Å². The molecule has 1 nitrogen and oxygen atoms in total. The van der Waals surface area contributed by atoms with E-state index in [1.165, 1.54) is 17.7 Å². The molecule has 2 rings (SSSR count). The van der Waals surface area contributed by atoms with Crippen LogP contribution in [0.5, 0.6) is 5.75 Å². The van der Waals surface area contributed by atoms with Gasteiger partial charge in [0, 0.05) is 0 Å². The van der Waals surface area contributed by atoms with Gasteiger partial charge in [-0.3, -0.25) is 0 Å². The lowest BCUT2D eigenvalue weighted by Gasteiger charge is -2.10. The molecular weight excluding hydrogens is 265 g/mol. The molecule has 0 saturated carbocycles. The number of hydrogen-bond acceptors (Lipinski definition) is 1. The highest BCUT2D eigenvalue weighted by molar-refractivity contribution is 5.64. The predicted molar refractivity (Wildman–Crippen MR) is 72.7 cm³/mol. The van der Waals surface area contributed by atoms with Crippen LogP contribution < -0.4 is 4.74 Å². The second kappa shape index (κ2) is 5.57. The van der Waals surface area contributed by atoms with Crippen molar-refractivity contribution in [2.75, 3.05) is 0 Å². The third kappa shape index (κ3) is 3.76. The molecule has 2 aromatic carbocycles. The topological polar surface area (TPSA) is 9.23 Å². The Labute approximate surface area is 116 Å². The molecule has 0 fully saturated rings. The molecule has 0 aromatic heterocycles. The smallest absolute Gasteiger partial charge is 0.406 e. The van der Waals surface area contributed by atoms with Crippen LogP contribution in [0.4, 0.5) is 13.2 Å². The second-order valence-electron chi connectivity index (χ2n) is 4.85. The van der Waals surface area contributed by atoms with Crippen LogP contribution in [-0.2, 0) is 0 Å². The van der Waals surface area contributed by atoms with Gasteiger partial charge in [0.15, 0.2) is 0 Å². The highest BCUT2D eigenvalue weighted by atomic mass is 19.4. The van der Waals surface area contributed by atoms with Crippen molar-refractivity contribution >= 4 is 0 Å². The molecule has 0 aliphatic heterocycles. The minimum Gasteiger partial charge on any atom is -0.406 e. The first-order valence-electron chi connectivity index (χ1n) is 6.31. The molecule has 106 valence electrons. The van der Waals surface area contributed by atoms with E-state index < -0.39 is 6.36 Å². The van der Waals surface area contributed by atoms with Crippen molar-refractivity contribution in [2.45, 2.75) is 26.1 Å². The molecule has 0 atom stereocenters. The maximum absolute atomic E-state index is 12.1. The van der Waals surface area contributed by atoms with Crippen molar-refractivity contribution in [1.82, 2.24) is 0 Å². The standard InChI is InChI=1S/C16H15F3O/c1-11(2)12-3-5-13(6-4-12)14-7-9-15(10-8-14)20-16(17,18)19/h3-11H,1-2H3. The highest BCUT2D eigenvalue weighted by Gasteiger charge is 2.30. The van der Waals surface area contributed by atoms with Gasteiger partial charge in [0.05, 0.1) is 0 Å². The summed E-state index contributed by atoms with van der Waals surface area (Å²) in [6.45, 7) is 4.22. The van der Waals surface area contributed by atoms with Crippen LogP contribution >= 0.6 is 0 Å². The molecule has 0 radical (unpaired) electrons. The quantitative estimate of drug-likeness (QED) is 0.733. The van der Waals surface area contributed by atoms with E-state index in [4.69, 9.17) is 0 Å². The van der Waals surface area contributed by atoms with E-state index in [0.29, 0.717) is 5.92 Å². The number of alkyl halides is 3. The fraction of sp³-hybridized carbons (Fsp3) is 0.250. The van der Waals surface area contributed by atoms with E-state index in [9.17, 15) is 13.2 Å². The minimum absolute atomic E-state index is 0.208. The molecule has 0 unspecified atom stereocenters. The van der Waals surface area contributed by atoms with E-state index >= 15 is 0 Å². The summed E-state index contributed by atoms with van der Waals surface area (Å²) in [6.07, 6.45) is -4.65. The fourth-order valence-corrected chi connectivity index (χ4v) is 1.91. The zero-order chi connectivity index (χ0) is 14.8. The second-order valence-corrected chi connectivity index (χ2v) is 4.85. The molecule has 0 aliphatic carbocycles. The molecule has 2 aromatic rings. The van der Waals surface area contributed by atoms with Gasteiger partial charge < -0.3 is 4.74 Å². The van der Waals surface area contributed by atoms with Crippen molar-refractivity contribution in [2.24, 2.45) is 0 Å². The number of halogens is 3. The number of benzene rings is 2. The summed E-state index contributed by atoms with van der Waals surface area (Å²) in [4.78, 5) is 0. The number of rotatable bonds is 3. The van der Waals surface area contributed by atoms with Gasteiger partial charge in [-0.2, -0.15) is 0 Å². The number of hydrogen-bond donors (Lipinski definition) is 0.